The van der Waals surface area contributed by atoms with Gasteiger partial charge in [0, 0.05) is 0 Å². The SMILES string of the molecule is CC[P+](=O)c1ccccc1F. The smallest absolute Gasteiger partial charge is 0.202 e. The molecule has 0 aliphatic rings. The molecule has 0 aliphatic carbocycles. The van der Waals surface area contributed by atoms with Crippen LogP contribution < -0.4 is 5.30 Å². The van der Waals surface area contributed by atoms with E-state index in [9.17, 15) is 8.96 Å². The van der Waals surface area contributed by atoms with Crippen LogP contribution in [0.4, 0.5) is 4.39 Å². The van der Waals surface area contributed by atoms with E-state index in [1.807, 2.05) is 0 Å². The Kier molecular flexibility index (Phi) is 2.72. The lowest BCUT2D eigenvalue weighted by atomic mass is 10.3. The topological polar surface area (TPSA) is 17.1 Å². The van der Waals surface area contributed by atoms with Crippen molar-refractivity contribution in [2.24, 2.45) is 0 Å². The molecular formula is C8H9FOP+. The van der Waals surface area contributed by atoms with Crippen molar-refractivity contribution in [1.82, 2.24) is 0 Å². The van der Waals surface area contributed by atoms with Gasteiger partial charge in [-0.3, -0.25) is 0 Å². The van der Waals surface area contributed by atoms with Gasteiger partial charge in [0.05, 0.1) is 0 Å². The molecular weight excluding hydrogens is 162 g/mol. The van der Waals surface area contributed by atoms with Crippen LogP contribution in [0, 0.1) is 5.82 Å². The van der Waals surface area contributed by atoms with Crippen molar-refractivity contribution < 1.29 is 8.96 Å². The number of hydrogen-bond donors (Lipinski definition) is 0. The molecule has 0 saturated carbocycles. The second kappa shape index (κ2) is 3.59. The summed E-state index contributed by atoms with van der Waals surface area (Å²) in [6, 6.07) is 6.19. The van der Waals surface area contributed by atoms with Crippen LogP contribution in [0.5, 0.6) is 0 Å². The van der Waals surface area contributed by atoms with Gasteiger partial charge in [0.25, 0.3) is 0 Å². The van der Waals surface area contributed by atoms with Crippen molar-refractivity contribution >= 4 is 13.1 Å². The van der Waals surface area contributed by atoms with Gasteiger partial charge in [0.15, 0.2) is 5.82 Å². The minimum Gasteiger partial charge on any atom is -0.202 e. The van der Waals surface area contributed by atoms with Crippen LogP contribution in [0.2, 0.25) is 0 Å². The second-order valence-corrected chi connectivity index (χ2v) is 4.02. The maximum absolute atomic E-state index is 12.8. The van der Waals surface area contributed by atoms with Crippen molar-refractivity contribution in [2.45, 2.75) is 6.92 Å². The first kappa shape index (κ1) is 8.35. The van der Waals surface area contributed by atoms with Gasteiger partial charge < -0.3 is 0 Å². The third-order valence-corrected chi connectivity index (χ3v) is 2.88. The zero-order valence-electron chi connectivity index (χ0n) is 6.25. The number of benzene rings is 1. The third-order valence-electron chi connectivity index (χ3n) is 1.41. The molecule has 11 heavy (non-hydrogen) atoms. The molecule has 1 aromatic rings. The minimum absolute atomic E-state index is 0.338. The molecule has 0 spiro atoms. The molecule has 0 aromatic heterocycles. The van der Waals surface area contributed by atoms with E-state index in [0.29, 0.717) is 11.5 Å². The second-order valence-electron chi connectivity index (χ2n) is 2.15. The maximum Gasteiger partial charge on any atom is 0.379 e. The summed E-state index contributed by atoms with van der Waals surface area (Å²) in [6.07, 6.45) is 0.496. The molecule has 1 unspecified atom stereocenters. The van der Waals surface area contributed by atoms with Gasteiger partial charge in [-0.1, -0.05) is 16.7 Å². The number of hydrogen-bond acceptors (Lipinski definition) is 1. The molecule has 0 bridgehead atoms. The predicted octanol–water partition coefficient (Wildman–Crippen LogP) is 2.30. The zero-order chi connectivity index (χ0) is 8.27. The van der Waals surface area contributed by atoms with Crippen LogP contribution in [0.15, 0.2) is 24.3 Å². The molecule has 0 heterocycles. The Balaban J connectivity index is 3.03. The van der Waals surface area contributed by atoms with E-state index in [1.165, 1.54) is 6.07 Å². The average molecular weight is 171 g/mol. The Hall–Kier alpha value is -0.750. The molecule has 0 aliphatic heterocycles. The van der Waals surface area contributed by atoms with E-state index in [4.69, 9.17) is 0 Å². The fourth-order valence-corrected chi connectivity index (χ4v) is 1.73. The Morgan fingerprint density at radius 3 is 2.64 bits per heavy atom. The number of halogens is 1. The van der Waals surface area contributed by atoms with Gasteiger partial charge in [0.2, 0.25) is 5.30 Å². The van der Waals surface area contributed by atoms with Gasteiger partial charge in [0.1, 0.15) is 6.16 Å². The molecule has 1 aromatic carbocycles. The van der Waals surface area contributed by atoms with Gasteiger partial charge >= 0.3 is 7.80 Å². The lowest BCUT2D eigenvalue weighted by Gasteiger charge is -1.87. The number of rotatable bonds is 2. The predicted molar refractivity (Wildman–Crippen MR) is 44.2 cm³/mol. The van der Waals surface area contributed by atoms with Crippen LogP contribution in [0.1, 0.15) is 6.92 Å². The third kappa shape index (κ3) is 1.84. The van der Waals surface area contributed by atoms with Crippen LogP contribution in [-0.2, 0) is 4.57 Å². The molecule has 0 fully saturated rings. The lowest BCUT2D eigenvalue weighted by molar-refractivity contribution is 0.590. The van der Waals surface area contributed by atoms with Crippen LogP contribution in [0.3, 0.4) is 0 Å². The van der Waals surface area contributed by atoms with Crippen molar-refractivity contribution in [3.63, 3.8) is 0 Å². The fraction of sp³-hybridized carbons (Fsp3) is 0.250. The highest BCUT2D eigenvalue weighted by Gasteiger charge is 2.20. The Morgan fingerprint density at radius 2 is 2.09 bits per heavy atom. The highest BCUT2D eigenvalue weighted by atomic mass is 31.1. The molecule has 0 N–H and O–H groups in total. The first-order valence-corrected chi connectivity index (χ1v) is 4.89. The van der Waals surface area contributed by atoms with Crippen molar-refractivity contribution in [3.8, 4) is 0 Å². The molecule has 0 radical (unpaired) electrons. The first-order valence-electron chi connectivity index (χ1n) is 3.45. The van der Waals surface area contributed by atoms with Crippen molar-refractivity contribution in [3.05, 3.63) is 30.1 Å². The largest absolute Gasteiger partial charge is 0.379 e. The van der Waals surface area contributed by atoms with Crippen molar-refractivity contribution in [2.75, 3.05) is 6.16 Å². The summed E-state index contributed by atoms with van der Waals surface area (Å²) in [5.41, 5.74) is 0. The average Bonchev–Trinajstić information content (AvgIpc) is 2.04. The van der Waals surface area contributed by atoms with E-state index in [1.54, 1.807) is 25.1 Å². The molecule has 3 heteroatoms. The minimum atomic E-state index is -1.52. The molecule has 1 rings (SSSR count). The summed E-state index contributed by atoms with van der Waals surface area (Å²) in [5.74, 6) is -0.365. The normalized spacial score (nSPS) is 11.3. The monoisotopic (exact) mass is 171 g/mol. The standard InChI is InChI=1S/C8H9FOP/c1-2-11(10)8-6-4-3-5-7(8)9/h3-6H,2H2,1H3/q+1. The summed E-state index contributed by atoms with van der Waals surface area (Å²) in [5, 5.41) is 0.338. The van der Waals surface area contributed by atoms with Crippen molar-refractivity contribution in [1.29, 1.82) is 0 Å². The molecule has 58 valence electrons. The van der Waals surface area contributed by atoms with Gasteiger partial charge in [-0.15, -0.1) is 0 Å². The summed E-state index contributed by atoms with van der Waals surface area (Å²) in [6.45, 7) is 1.78. The lowest BCUT2D eigenvalue weighted by Crippen LogP contribution is -2.02. The van der Waals surface area contributed by atoms with Crippen LogP contribution >= 0.6 is 7.80 Å². The van der Waals surface area contributed by atoms with E-state index < -0.39 is 7.80 Å². The summed E-state index contributed by atoms with van der Waals surface area (Å²) >= 11 is 0. The maximum atomic E-state index is 12.8. The summed E-state index contributed by atoms with van der Waals surface area (Å²) in [7, 11) is -1.52. The van der Waals surface area contributed by atoms with Gasteiger partial charge in [-0.25, -0.2) is 4.39 Å². The summed E-state index contributed by atoms with van der Waals surface area (Å²) < 4.78 is 24.0. The highest BCUT2D eigenvalue weighted by Crippen LogP contribution is 2.19. The van der Waals surface area contributed by atoms with Crippen LogP contribution in [-0.4, -0.2) is 6.16 Å². The van der Waals surface area contributed by atoms with Gasteiger partial charge in [-0.05, 0) is 19.1 Å². The Labute approximate surface area is 66.0 Å². The molecule has 1 nitrogen and oxygen atoms in total. The molecule has 1 atom stereocenters. The first-order chi connectivity index (χ1) is 5.25. The van der Waals surface area contributed by atoms with E-state index in [-0.39, 0.29) is 5.82 Å². The van der Waals surface area contributed by atoms with E-state index in [0.717, 1.165) is 0 Å². The quantitative estimate of drug-likeness (QED) is 0.624. The zero-order valence-corrected chi connectivity index (χ0v) is 7.14. The fourth-order valence-electron chi connectivity index (χ4n) is 0.824. The Morgan fingerprint density at radius 1 is 1.45 bits per heavy atom. The van der Waals surface area contributed by atoms with E-state index >= 15 is 0 Å². The van der Waals surface area contributed by atoms with E-state index in [2.05, 4.69) is 0 Å². The summed E-state index contributed by atoms with van der Waals surface area (Å²) in [4.78, 5) is 0. The molecule has 0 amide bonds. The van der Waals surface area contributed by atoms with Gasteiger partial charge in [-0.2, -0.15) is 0 Å². The highest BCUT2D eigenvalue weighted by molar-refractivity contribution is 7.53. The van der Waals surface area contributed by atoms with Crippen LogP contribution in [0.25, 0.3) is 0 Å². The Bertz CT molecular complexity index is 273. The molecule has 0 saturated heterocycles.